The van der Waals surface area contributed by atoms with Gasteiger partial charge in [-0.2, -0.15) is 4.31 Å². The quantitative estimate of drug-likeness (QED) is 0.761. The summed E-state index contributed by atoms with van der Waals surface area (Å²) in [5, 5.41) is 3.19. The van der Waals surface area contributed by atoms with Crippen LogP contribution in [0.4, 0.5) is 0 Å². The van der Waals surface area contributed by atoms with Crippen LogP contribution in [0.25, 0.3) is 5.82 Å². The Labute approximate surface area is 154 Å². The van der Waals surface area contributed by atoms with Crippen molar-refractivity contribution >= 4 is 15.8 Å². The molecule has 0 radical (unpaired) electrons. The van der Waals surface area contributed by atoms with Gasteiger partial charge >= 0.3 is 0 Å². The molecule has 1 N–H and O–H groups in total. The highest BCUT2D eigenvalue weighted by molar-refractivity contribution is 7.89. The SMILES string of the molecule is C=C(NCc1cccnc1)n1cc(S(=O)(=O)N(CC)CC)ccc1=NC. The van der Waals surface area contributed by atoms with Gasteiger partial charge in [-0.15, -0.1) is 0 Å². The second-order valence-electron chi connectivity index (χ2n) is 5.57. The third-order valence-corrected chi connectivity index (χ3v) is 6.02. The molecular weight excluding hydrogens is 350 g/mol. The lowest BCUT2D eigenvalue weighted by Crippen LogP contribution is -2.33. The van der Waals surface area contributed by atoms with E-state index in [0.717, 1.165) is 5.56 Å². The summed E-state index contributed by atoms with van der Waals surface area (Å²) in [5.41, 5.74) is 1.60. The van der Waals surface area contributed by atoms with E-state index in [2.05, 4.69) is 21.9 Å². The van der Waals surface area contributed by atoms with Crippen LogP contribution >= 0.6 is 0 Å². The molecule has 0 spiro atoms. The molecule has 2 aromatic heterocycles. The molecule has 2 aromatic rings. The van der Waals surface area contributed by atoms with Crippen LogP contribution in [0.5, 0.6) is 0 Å². The molecule has 8 heteroatoms. The lowest BCUT2D eigenvalue weighted by molar-refractivity contribution is 0.444. The van der Waals surface area contributed by atoms with Crippen molar-refractivity contribution in [1.82, 2.24) is 19.2 Å². The molecule has 2 heterocycles. The van der Waals surface area contributed by atoms with Gasteiger partial charge in [-0.3, -0.25) is 14.5 Å². The van der Waals surface area contributed by atoms with E-state index < -0.39 is 10.0 Å². The zero-order valence-corrected chi connectivity index (χ0v) is 16.2. The van der Waals surface area contributed by atoms with Crippen molar-refractivity contribution in [2.24, 2.45) is 4.99 Å². The van der Waals surface area contributed by atoms with Crippen LogP contribution in [0.3, 0.4) is 0 Å². The van der Waals surface area contributed by atoms with E-state index in [0.29, 0.717) is 30.9 Å². The van der Waals surface area contributed by atoms with Crippen LogP contribution in [-0.2, 0) is 16.6 Å². The first-order chi connectivity index (χ1) is 12.4. The van der Waals surface area contributed by atoms with Gasteiger partial charge in [-0.1, -0.05) is 26.5 Å². The molecule has 0 fully saturated rings. The first-order valence-electron chi connectivity index (χ1n) is 8.41. The molecule has 0 amide bonds. The van der Waals surface area contributed by atoms with Crippen molar-refractivity contribution < 1.29 is 8.42 Å². The minimum absolute atomic E-state index is 0.206. The van der Waals surface area contributed by atoms with Crippen LogP contribution in [0, 0.1) is 0 Å². The predicted octanol–water partition coefficient (Wildman–Crippen LogP) is 1.66. The normalized spacial score (nSPS) is 12.4. The number of pyridine rings is 2. The number of rotatable bonds is 8. The van der Waals surface area contributed by atoms with Crippen molar-refractivity contribution in [1.29, 1.82) is 0 Å². The van der Waals surface area contributed by atoms with Gasteiger partial charge in [0.25, 0.3) is 0 Å². The van der Waals surface area contributed by atoms with Gasteiger partial charge in [0.1, 0.15) is 11.3 Å². The molecule has 2 rings (SSSR count). The van der Waals surface area contributed by atoms with Gasteiger partial charge in [0.2, 0.25) is 10.0 Å². The van der Waals surface area contributed by atoms with Gasteiger partial charge in [0.05, 0.1) is 4.90 Å². The molecule has 7 nitrogen and oxygen atoms in total. The summed E-state index contributed by atoms with van der Waals surface area (Å²) in [5.74, 6) is 0.533. The van der Waals surface area contributed by atoms with E-state index in [1.807, 2.05) is 26.0 Å². The van der Waals surface area contributed by atoms with Crippen LogP contribution < -0.4 is 10.8 Å². The molecule has 0 aliphatic carbocycles. The zero-order chi connectivity index (χ0) is 19.2. The molecule has 0 atom stereocenters. The average molecular weight is 375 g/mol. The molecule has 0 saturated heterocycles. The second kappa shape index (κ2) is 8.77. The number of sulfonamides is 1. The first kappa shape index (κ1) is 19.9. The van der Waals surface area contributed by atoms with E-state index in [1.54, 1.807) is 42.3 Å². The Morgan fingerprint density at radius 1 is 1.31 bits per heavy atom. The van der Waals surface area contributed by atoms with E-state index in [4.69, 9.17) is 0 Å². The summed E-state index contributed by atoms with van der Waals surface area (Å²) in [6.07, 6.45) is 5.02. The monoisotopic (exact) mass is 375 g/mol. The Bertz CT molecular complexity index is 916. The second-order valence-corrected chi connectivity index (χ2v) is 7.51. The minimum atomic E-state index is -3.56. The summed E-state index contributed by atoms with van der Waals surface area (Å²) in [4.78, 5) is 8.48. The summed E-state index contributed by atoms with van der Waals surface area (Å²) in [7, 11) is -1.91. The maximum Gasteiger partial charge on any atom is 0.244 e. The van der Waals surface area contributed by atoms with Gasteiger partial charge in [0.15, 0.2) is 0 Å². The molecule has 0 aromatic carbocycles. The lowest BCUT2D eigenvalue weighted by Gasteiger charge is -2.20. The average Bonchev–Trinajstić information content (AvgIpc) is 2.67. The van der Waals surface area contributed by atoms with Crippen molar-refractivity contribution in [3.63, 3.8) is 0 Å². The standard InChI is InChI=1S/C18H25N5O2S/c1-5-22(6-2)26(24,25)17-9-10-18(19-4)23(14-17)15(3)21-13-16-8-7-11-20-12-16/h7-12,14,21H,3,5-6,13H2,1-2,4H3. The Balaban J connectivity index is 2.34. The van der Waals surface area contributed by atoms with Gasteiger partial charge < -0.3 is 5.32 Å². The lowest BCUT2D eigenvalue weighted by atomic mass is 10.3. The van der Waals surface area contributed by atoms with Crippen LogP contribution in [0.2, 0.25) is 0 Å². The highest BCUT2D eigenvalue weighted by atomic mass is 32.2. The Hall–Kier alpha value is -2.45. The first-order valence-corrected chi connectivity index (χ1v) is 9.85. The maximum absolute atomic E-state index is 12.8. The fraction of sp³-hybridized carbons (Fsp3) is 0.333. The third-order valence-electron chi connectivity index (χ3n) is 3.98. The smallest absolute Gasteiger partial charge is 0.244 e. The van der Waals surface area contributed by atoms with E-state index in [9.17, 15) is 8.42 Å². The van der Waals surface area contributed by atoms with Crippen LogP contribution in [-0.4, -0.2) is 42.4 Å². The number of hydrogen-bond donors (Lipinski definition) is 1. The highest BCUT2D eigenvalue weighted by Gasteiger charge is 2.22. The number of hydrogen-bond acceptors (Lipinski definition) is 5. The fourth-order valence-corrected chi connectivity index (χ4v) is 3.99. The Morgan fingerprint density at radius 3 is 2.62 bits per heavy atom. The van der Waals surface area contributed by atoms with Crippen molar-refractivity contribution in [3.05, 3.63) is 60.5 Å². The van der Waals surface area contributed by atoms with Gasteiger partial charge in [0, 0.05) is 45.3 Å². The topological polar surface area (TPSA) is 79.6 Å². The van der Waals surface area contributed by atoms with Gasteiger partial charge in [-0.25, -0.2) is 8.42 Å². The van der Waals surface area contributed by atoms with E-state index >= 15 is 0 Å². The van der Waals surface area contributed by atoms with Crippen molar-refractivity contribution in [2.45, 2.75) is 25.3 Å². The molecule has 0 saturated carbocycles. The van der Waals surface area contributed by atoms with Crippen molar-refractivity contribution in [3.8, 4) is 0 Å². The number of nitrogens with zero attached hydrogens (tertiary/aromatic N) is 4. The molecular formula is C18H25N5O2S. The molecule has 0 aliphatic heterocycles. The molecule has 140 valence electrons. The summed E-state index contributed by atoms with van der Waals surface area (Å²) in [6.45, 7) is 9.01. The Kier molecular flexibility index (Phi) is 6.70. The molecule has 0 unspecified atom stereocenters. The van der Waals surface area contributed by atoms with Gasteiger partial charge in [-0.05, 0) is 23.8 Å². The fourth-order valence-electron chi connectivity index (χ4n) is 2.53. The van der Waals surface area contributed by atoms with E-state index in [1.165, 1.54) is 4.31 Å². The summed E-state index contributed by atoms with van der Waals surface area (Å²) >= 11 is 0. The summed E-state index contributed by atoms with van der Waals surface area (Å²) < 4.78 is 28.6. The third kappa shape index (κ3) is 4.39. The molecule has 26 heavy (non-hydrogen) atoms. The highest BCUT2D eigenvalue weighted by Crippen LogP contribution is 2.14. The van der Waals surface area contributed by atoms with Crippen LogP contribution in [0.1, 0.15) is 19.4 Å². The minimum Gasteiger partial charge on any atom is -0.368 e. The summed E-state index contributed by atoms with van der Waals surface area (Å²) in [6, 6.07) is 7.05. The zero-order valence-electron chi connectivity index (χ0n) is 15.4. The molecule has 0 bridgehead atoms. The largest absolute Gasteiger partial charge is 0.368 e. The maximum atomic E-state index is 12.8. The van der Waals surface area contributed by atoms with Crippen LogP contribution in [0.15, 0.2) is 59.3 Å². The predicted molar refractivity (Wildman–Crippen MR) is 102 cm³/mol. The Morgan fingerprint density at radius 2 is 2.04 bits per heavy atom. The number of nitrogens with one attached hydrogen (secondary N) is 1. The number of aromatic nitrogens is 2. The van der Waals surface area contributed by atoms with E-state index in [-0.39, 0.29) is 4.90 Å². The molecule has 0 aliphatic rings. The van der Waals surface area contributed by atoms with Crippen molar-refractivity contribution in [2.75, 3.05) is 20.1 Å².